The van der Waals surface area contributed by atoms with E-state index in [2.05, 4.69) is 10.3 Å². The number of phenolic OH excluding ortho intramolecular Hbond substituents is 1. The van der Waals surface area contributed by atoms with Crippen LogP contribution in [0.2, 0.25) is 10.0 Å². The van der Waals surface area contributed by atoms with Crippen molar-refractivity contribution in [2.45, 2.75) is 0 Å². The largest absolute Gasteiger partial charge is 0.508 e. The lowest BCUT2D eigenvalue weighted by Gasteiger charge is -2.07. The number of carbonyl (C=O) groups is 1. The summed E-state index contributed by atoms with van der Waals surface area (Å²) in [4.78, 5) is 15.9. The smallest absolute Gasteiger partial charge is 0.258 e. The monoisotopic (exact) mass is 282 g/mol. The van der Waals surface area contributed by atoms with E-state index in [0.717, 1.165) is 0 Å². The predicted molar refractivity (Wildman–Crippen MR) is 70.3 cm³/mol. The van der Waals surface area contributed by atoms with E-state index in [1.807, 2.05) is 0 Å². The number of carbonyl (C=O) groups excluding carboxylic acids is 1. The Morgan fingerprint density at radius 1 is 1.22 bits per heavy atom. The zero-order valence-electron chi connectivity index (χ0n) is 9.02. The lowest BCUT2D eigenvalue weighted by atomic mass is 10.2. The van der Waals surface area contributed by atoms with Gasteiger partial charge in [0.25, 0.3) is 5.91 Å². The number of aromatic nitrogens is 1. The summed E-state index contributed by atoms with van der Waals surface area (Å²) < 4.78 is 0. The van der Waals surface area contributed by atoms with E-state index in [1.165, 1.54) is 24.4 Å². The maximum absolute atomic E-state index is 11.9. The van der Waals surface area contributed by atoms with Gasteiger partial charge in [-0.3, -0.25) is 4.79 Å². The van der Waals surface area contributed by atoms with Crippen molar-refractivity contribution < 1.29 is 9.90 Å². The topological polar surface area (TPSA) is 62.2 Å². The van der Waals surface area contributed by atoms with Crippen LogP contribution < -0.4 is 5.32 Å². The number of anilines is 1. The third-order valence-corrected chi connectivity index (χ3v) is 2.82. The molecule has 0 atom stereocenters. The Morgan fingerprint density at radius 2 is 2.00 bits per heavy atom. The van der Waals surface area contributed by atoms with Crippen LogP contribution in [-0.4, -0.2) is 16.0 Å². The summed E-state index contributed by atoms with van der Waals surface area (Å²) in [6.07, 6.45) is 1.51. The third kappa shape index (κ3) is 2.72. The molecule has 0 fully saturated rings. The molecule has 2 aromatic rings. The number of hydrogen-bond acceptors (Lipinski definition) is 3. The molecule has 0 saturated carbocycles. The van der Waals surface area contributed by atoms with Crippen LogP contribution in [-0.2, 0) is 0 Å². The summed E-state index contributed by atoms with van der Waals surface area (Å²) in [5.41, 5.74) is 0.151. The second-order valence-electron chi connectivity index (χ2n) is 3.45. The van der Waals surface area contributed by atoms with Crippen LogP contribution in [0.5, 0.6) is 5.75 Å². The molecule has 1 amide bonds. The highest BCUT2D eigenvalue weighted by Crippen LogP contribution is 2.23. The first-order chi connectivity index (χ1) is 8.58. The minimum Gasteiger partial charge on any atom is -0.508 e. The Bertz CT molecular complexity index is 602. The van der Waals surface area contributed by atoms with Gasteiger partial charge in [0, 0.05) is 6.20 Å². The highest BCUT2D eigenvalue weighted by atomic mass is 35.5. The molecule has 92 valence electrons. The Hall–Kier alpha value is -1.78. The van der Waals surface area contributed by atoms with Crippen molar-refractivity contribution in [3.8, 4) is 5.75 Å². The summed E-state index contributed by atoms with van der Waals surface area (Å²) in [6, 6.07) is 7.36. The lowest BCUT2D eigenvalue weighted by Crippen LogP contribution is -2.13. The number of hydrogen-bond donors (Lipinski definition) is 2. The van der Waals surface area contributed by atoms with Gasteiger partial charge in [0.2, 0.25) is 0 Å². The molecule has 1 aromatic heterocycles. The van der Waals surface area contributed by atoms with Crippen molar-refractivity contribution in [2.75, 3.05) is 5.32 Å². The van der Waals surface area contributed by atoms with Gasteiger partial charge in [0.15, 0.2) is 5.82 Å². The van der Waals surface area contributed by atoms with E-state index < -0.39 is 5.91 Å². The van der Waals surface area contributed by atoms with Gasteiger partial charge in [-0.05, 0) is 30.3 Å². The molecular formula is C12H8Cl2N2O2. The van der Waals surface area contributed by atoms with Crippen LogP contribution in [0.15, 0.2) is 36.5 Å². The molecule has 0 aliphatic rings. The fraction of sp³-hybridized carbons (Fsp3) is 0. The molecule has 0 saturated heterocycles. The molecule has 6 heteroatoms. The van der Waals surface area contributed by atoms with Gasteiger partial charge in [0.05, 0.1) is 15.6 Å². The number of pyridine rings is 1. The third-order valence-electron chi connectivity index (χ3n) is 2.18. The van der Waals surface area contributed by atoms with Crippen molar-refractivity contribution in [1.29, 1.82) is 0 Å². The van der Waals surface area contributed by atoms with E-state index in [9.17, 15) is 9.90 Å². The minimum absolute atomic E-state index is 0.0448. The molecule has 1 heterocycles. The molecule has 0 bridgehead atoms. The molecular weight excluding hydrogens is 275 g/mol. The van der Waals surface area contributed by atoms with Crippen LogP contribution in [0, 0.1) is 0 Å². The van der Waals surface area contributed by atoms with Crippen LogP contribution in [0.4, 0.5) is 5.82 Å². The second-order valence-corrected chi connectivity index (χ2v) is 4.27. The first-order valence-electron chi connectivity index (χ1n) is 4.98. The number of aromatic hydroxyl groups is 1. The number of halogens is 2. The SMILES string of the molecule is O=C(Nc1ncccc1Cl)c1cc(O)ccc1Cl. The molecule has 0 aliphatic carbocycles. The molecule has 0 unspecified atom stereocenters. The van der Waals surface area contributed by atoms with Gasteiger partial charge in [-0.25, -0.2) is 4.98 Å². The van der Waals surface area contributed by atoms with Crippen LogP contribution in [0.3, 0.4) is 0 Å². The fourth-order valence-corrected chi connectivity index (χ4v) is 1.71. The Balaban J connectivity index is 2.28. The van der Waals surface area contributed by atoms with Crippen LogP contribution in [0.1, 0.15) is 10.4 Å². The summed E-state index contributed by atoms with van der Waals surface area (Å²) in [5, 5.41) is 12.4. The van der Waals surface area contributed by atoms with Gasteiger partial charge < -0.3 is 10.4 Å². The average molecular weight is 283 g/mol. The Kier molecular flexibility index (Phi) is 3.69. The summed E-state index contributed by atoms with van der Waals surface area (Å²) in [7, 11) is 0. The predicted octanol–water partition coefficient (Wildman–Crippen LogP) is 3.35. The molecule has 0 aliphatic heterocycles. The van der Waals surface area contributed by atoms with Crippen molar-refractivity contribution >= 4 is 34.9 Å². The fourth-order valence-electron chi connectivity index (χ4n) is 1.34. The number of phenols is 1. The highest BCUT2D eigenvalue weighted by molar-refractivity contribution is 6.35. The van der Waals surface area contributed by atoms with E-state index >= 15 is 0 Å². The summed E-state index contributed by atoms with van der Waals surface area (Å²) >= 11 is 11.7. The zero-order valence-corrected chi connectivity index (χ0v) is 10.5. The first-order valence-corrected chi connectivity index (χ1v) is 5.74. The maximum Gasteiger partial charge on any atom is 0.258 e. The van der Waals surface area contributed by atoms with Crippen molar-refractivity contribution in [2.24, 2.45) is 0 Å². The maximum atomic E-state index is 11.9. The Morgan fingerprint density at radius 3 is 2.72 bits per heavy atom. The van der Waals surface area contributed by atoms with Gasteiger partial charge in [-0.15, -0.1) is 0 Å². The number of amides is 1. The number of nitrogens with one attached hydrogen (secondary N) is 1. The minimum atomic E-state index is -0.489. The first kappa shape index (κ1) is 12.7. The lowest BCUT2D eigenvalue weighted by molar-refractivity contribution is 0.102. The van der Waals surface area contributed by atoms with E-state index in [-0.39, 0.29) is 22.2 Å². The van der Waals surface area contributed by atoms with Crippen molar-refractivity contribution in [1.82, 2.24) is 4.98 Å². The van der Waals surface area contributed by atoms with E-state index in [0.29, 0.717) is 5.02 Å². The molecule has 2 rings (SSSR count). The van der Waals surface area contributed by atoms with Crippen molar-refractivity contribution in [3.63, 3.8) is 0 Å². The van der Waals surface area contributed by atoms with Gasteiger partial charge >= 0.3 is 0 Å². The molecule has 0 spiro atoms. The highest BCUT2D eigenvalue weighted by Gasteiger charge is 2.13. The zero-order chi connectivity index (χ0) is 13.1. The quantitative estimate of drug-likeness (QED) is 0.888. The van der Waals surface area contributed by atoms with Gasteiger partial charge in [-0.1, -0.05) is 23.2 Å². The standard InChI is InChI=1S/C12H8Cl2N2O2/c13-9-4-3-7(17)6-8(9)12(18)16-11-10(14)2-1-5-15-11/h1-6,17H,(H,15,16,18). The molecule has 2 N–H and O–H groups in total. The second kappa shape index (κ2) is 5.25. The van der Waals surface area contributed by atoms with Crippen LogP contribution in [0.25, 0.3) is 0 Å². The summed E-state index contributed by atoms with van der Waals surface area (Å²) in [6.45, 7) is 0. The summed E-state index contributed by atoms with van der Waals surface area (Å²) in [5.74, 6) is -0.295. The molecule has 18 heavy (non-hydrogen) atoms. The van der Waals surface area contributed by atoms with Gasteiger partial charge in [0.1, 0.15) is 5.75 Å². The van der Waals surface area contributed by atoms with E-state index in [4.69, 9.17) is 23.2 Å². The Labute approximate surface area is 113 Å². The van der Waals surface area contributed by atoms with Gasteiger partial charge in [-0.2, -0.15) is 0 Å². The van der Waals surface area contributed by atoms with Crippen molar-refractivity contribution in [3.05, 3.63) is 52.1 Å². The van der Waals surface area contributed by atoms with E-state index in [1.54, 1.807) is 12.1 Å². The van der Waals surface area contributed by atoms with Crippen LogP contribution >= 0.6 is 23.2 Å². The molecule has 4 nitrogen and oxygen atoms in total. The normalized spacial score (nSPS) is 10.1. The molecule has 1 aromatic carbocycles. The molecule has 0 radical (unpaired) electrons. The average Bonchev–Trinajstić information content (AvgIpc) is 2.35. The number of rotatable bonds is 2. The number of benzene rings is 1. The number of nitrogens with zero attached hydrogens (tertiary/aromatic N) is 1.